The second-order valence-electron chi connectivity index (χ2n) is 8.96. The molecule has 0 aliphatic carbocycles. The van der Waals surface area contributed by atoms with Crippen molar-refractivity contribution in [2.45, 2.75) is 51.7 Å². The lowest BCUT2D eigenvalue weighted by molar-refractivity contribution is -0.137. The molecule has 9 heteroatoms. The summed E-state index contributed by atoms with van der Waals surface area (Å²) in [6, 6.07) is 14.1. The van der Waals surface area contributed by atoms with Gasteiger partial charge in [-0.05, 0) is 55.2 Å². The fourth-order valence-electron chi connectivity index (χ4n) is 3.96. The zero-order chi connectivity index (χ0) is 26.5. The van der Waals surface area contributed by atoms with Gasteiger partial charge >= 0.3 is 6.18 Å². The number of alkyl halides is 3. The molecule has 0 radical (unpaired) electrons. The SMILES string of the molecule is CCCN(C[C@@H](C)N)[C@H](O)c1ccc(-c2cnc(N)c(OC(C)c3cccc(C(F)(F)F)c3)c2)cc1. The Labute approximate surface area is 209 Å². The molecule has 0 aliphatic rings. The summed E-state index contributed by atoms with van der Waals surface area (Å²) >= 11 is 0. The molecule has 0 aliphatic heterocycles. The number of nitrogens with zero attached hydrogens (tertiary/aromatic N) is 2. The van der Waals surface area contributed by atoms with Crippen LogP contribution in [0.25, 0.3) is 11.1 Å². The first kappa shape index (κ1) is 27.4. The van der Waals surface area contributed by atoms with Crippen molar-refractivity contribution < 1.29 is 23.0 Å². The number of hydrogen-bond donors (Lipinski definition) is 3. The van der Waals surface area contributed by atoms with Crippen LogP contribution >= 0.6 is 0 Å². The quantitative estimate of drug-likeness (QED) is 0.315. The van der Waals surface area contributed by atoms with E-state index in [0.717, 1.165) is 41.8 Å². The molecular formula is C27H33F3N4O2. The molecule has 3 atom stereocenters. The van der Waals surface area contributed by atoms with Gasteiger partial charge in [0.1, 0.15) is 12.3 Å². The number of anilines is 1. The van der Waals surface area contributed by atoms with Crippen LogP contribution in [0.1, 0.15) is 56.2 Å². The fourth-order valence-corrected chi connectivity index (χ4v) is 3.96. The molecule has 36 heavy (non-hydrogen) atoms. The minimum atomic E-state index is -4.44. The summed E-state index contributed by atoms with van der Waals surface area (Å²) < 4.78 is 45.2. The minimum Gasteiger partial charge on any atom is -0.482 e. The molecule has 6 nitrogen and oxygen atoms in total. The lowest BCUT2D eigenvalue weighted by atomic mass is 10.0. The number of pyridine rings is 1. The maximum Gasteiger partial charge on any atom is 0.416 e. The monoisotopic (exact) mass is 502 g/mol. The van der Waals surface area contributed by atoms with Crippen molar-refractivity contribution in [3.8, 4) is 16.9 Å². The van der Waals surface area contributed by atoms with Gasteiger partial charge in [0.05, 0.1) is 5.56 Å². The number of aromatic nitrogens is 1. The van der Waals surface area contributed by atoms with E-state index in [1.807, 2.05) is 43.0 Å². The smallest absolute Gasteiger partial charge is 0.416 e. The number of aliphatic hydroxyl groups is 1. The number of hydrogen-bond acceptors (Lipinski definition) is 6. The van der Waals surface area contributed by atoms with E-state index in [1.165, 1.54) is 6.07 Å². The highest BCUT2D eigenvalue weighted by Gasteiger charge is 2.31. The number of aliphatic hydroxyl groups excluding tert-OH is 1. The van der Waals surface area contributed by atoms with E-state index in [1.54, 1.807) is 25.3 Å². The summed E-state index contributed by atoms with van der Waals surface area (Å²) in [6.07, 6.45) is -3.41. The maximum atomic E-state index is 13.1. The number of ether oxygens (including phenoxy) is 1. The van der Waals surface area contributed by atoms with E-state index in [4.69, 9.17) is 16.2 Å². The first-order chi connectivity index (χ1) is 17.0. The molecule has 194 valence electrons. The van der Waals surface area contributed by atoms with E-state index in [2.05, 4.69) is 4.98 Å². The van der Waals surface area contributed by atoms with Gasteiger partial charge in [0.15, 0.2) is 11.6 Å². The third kappa shape index (κ3) is 6.96. The molecule has 5 N–H and O–H groups in total. The maximum absolute atomic E-state index is 13.1. The summed E-state index contributed by atoms with van der Waals surface area (Å²) in [7, 11) is 0. The van der Waals surface area contributed by atoms with Crippen molar-refractivity contribution in [3.05, 3.63) is 77.5 Å². The molecule has 0 saturated carbocycles. The van der Waals surface area contributed by atoms with Gasteiger partial charge < -0.3 is 21.3 Å². The summed E-state index contributed by atoms with van der Waals surface area (Å²) in [5.74, 6) is 0.406. The highest BCUT2D eigenvalue weighted by atomic mass is 19.4. The number of rotatable bonds is 10. The molecule has 1 aromatic heterocycles. The summed E-state index contributed by atoms with van der Waals surface area (Å²) in [4.78, 5) is 6.14. The largest absolute Gasteiger partial charge is 0.482 e. The lowest BCUT2D eigenvalue weighted by Gasteiger charge is -2.29. The molecule has 1 unspecified atom stereocenters. The normalized spacial score (nSPS) is 14.5. The lowest BCUT2D eigenvalue weighted by Crippen LogP contribution is -2.38. The van der Waals surface area contributed by atoms with Crippen molar-refractivity contribution in [2.75, 3.05) is 18.8 Å². The van der Waals surface area contributed by atoms with Crippen LogP contribution < -0.4 is 16.2 Å². The Morgan fingerprint density at radius 2 is 1.72 bits per heavy atom. The number of nitrogens with two attached hydrogens (primary N) is 2. The Morgan fingerprint density at radius 1 is 1.03 bits per heavy atom. The Hall–Kier alpha value is -3.14. The summed E-state index contributed by atoms with van der Waals surface area (Å²) in [6.45, 7) is 6.90. The Kier molecular flexibility index (Phi) is 8.94. The predicted octanol–water partition coefficient (Wildman–Crippen LogP) is 5.54. The molecule has 2 aromatic carbocycles. The molecule has 0 saturated heterocycles. The average Bonchev–Trinajstić information content (AvgIpc) is 2.84. The van der Waals surface area contributed by atoms with Crippen molar-refractivity contribution in [2.24, 2.45) is 5.73 Å². The molecule has 0 bridgehead atoms. The Morgan fingerprint density at radius 3 is 2.33 bits per heavy atom. The molecule has 0 spiro atoms. The molecule has 0 fully saturated rings. The van der Waals surface area contributed by atoms with Crippen LogP contribution in [0.3, 0.4) is 0 Å². The van der Waals surface area contributed by atoms with E-state index >= 15 is 0 Å². The Balaban J connectivity index is 1.79. The van der Waals surface area contributed by atoms with Gasteiger partial charge in [-0.15, -0.1) is 0 Å². The number of nitrogen functional groups attached to an aromatic ring is 1. The molecular weight excluding hydrogens is 469 g/mol. The van der Waals surface area contributed by atoms with Crippen molar-refractivity contribution in [1.82, 2.24) is 9.88 Å². The van der Waals surface area contributed by atoms with Gasteiger partial charge in [-0.25, -0.2) is 4.98 Å². The zero-order valence-electron chi connectivity index (χ0n) is 20.7. The van der Waals surface area contributed by atoms with Crippen LogP contribution in [0, 0.1) is 0 Å². The van der Waals surface area contributed by atoms with E-state index in [-0.39, 0.29) is 17.6 Å². The van der Waals surface area contributed by atoms with Crippen LogP contribution in [-0.2, 0) is 6.18 Å². The summed E-state index contributed by atoms with van der Waals surface area (Å²) in [5.41, 5.74) is 13.8. The van der Waals surface area contributed by atoms with Crippen LogP contribution in [0.4, 0.5) is 19.0 Å². The van der Waals surface area contributed by atoms with E-state index < -0.39 is 24.1 Å². The third-order valence-electron chi connectivity index (χ3n) is 5.79. The molecule has 3 aromatic rings. The van der Waals surface area contributed by atoms with Crippen LogP contribution in [0.2, 0.25) is 0 Å². The van der Waals surface area contributed by atoms with Crippen molar-refractivity contribution >= 4 is 5.82 Å². The van der Waals surface area contributed by atoms with Gasteiger partial charge in [-0.3, -0.25) is 4.90 Å². The van der Waals surface area contributed by atoms with Gasteiger partial charge in [0, 0.05) is 30.9 Å². The van der Waals surface area contributed by atoms with Gasteiger partial charge in [0.2, 0.25) is 0 Å². The zero-order valence-corrected chi connectivity index (χ0v) is 20.7. The van der Waals surface area contributed by atoms with E-state index in [0.29, 0.717) is 12.1 Å². The van der Waals surface area contributed by atoms with Gasteiger partial charge in [-0.1, -0.05) is 43.3 Å². The highest BCUT2D eigenvalue weighted by molar-refractivity contribution is 5.67. The first-order valence-corrected chi connectivity index (χ1v) is 11.9. The van der Waals surface area contributed by atoms with Gasteiger partial charge in [0.25, 0.3) is 0 Å². The molecule has 1 heterocycles. The second kappa shape index (κ2) is 11.7. The van der Waals surface area contributed by atoms with Gasteiger partial charge in [-0.2, -0.15) is 13.2 Å². The Bertz CT molecular complexity index is 1140. The first-order valence-electron chi connectivity index (χ1n) is 11.9. The van der Waals surface area contributed by atoms with Crippen LogP contribution in [0.15, 0.2) is 60.8 Å². The topological polar surface area (TPSA) is 97.6 Å². The number of halogens is 3. The molecule has 0 amide bonds. The fraction of sp³-hybridized carbons (Fsp3) is 0.370. The second-order valence-corrected chi connectivity index (χ2v) is 8.96. The third-order valence-corrected chi connectivity index (χ3v) is 5.79. The molecule has 3 rings (SSSR count). The standard InChI is InChI=1S/C27H33F3N4O2/c1-4-12-34(16-17(2)31)26(35)20-10-8-19(9-11-20)22-14-24(25(32)33-15-22)36-18(3)21-6-5-7-23(13-21)27(28,29)30/h5-11,13-15,17-18,26,35H,4,12,16,31H2,1-3H3,(H2,32,33)/t17-,18?,26-/m1/s1. The highest BCUT2D eigenvalue weighted by Crippen LogP contribution is 2.34. The number of benzene rings is 2. The van der Waals surface area contributed by atoms with Crippen LogP contribution in [-0.4, -0.2) is 34.1 Å². The van der Waals surface area contributed by atoms with E-state index in [9.17, 15) is 18.3 Å². The van der Waals surface area contributed by atoms with Crippen molar-refractivity contribution in [3.63, 3.8) is 0 Å². The predicted molar refractivity (Wildman–Crippen MR) is 135 cm³/mol. The summed E-state index contributed by atoms with van der Waals surface area (Å²) in [5, 5.41) is 10.8. The van der Waals surface area contributed by atoms with Crippen molar-refractivity contribution in [1.29, 1.82) is 0 Å². The average molecular weight is 503 g/mol. The van der Waals surface area contributed by atoms with Crippen LogP contribution in [0.5, 0.6) is 5.75 Å². The minimum absolute atomic E-state index is 0.0666.